The van der Waals surface area contributed by atoms with Crippen LogP contribution in [0, 0.1) is 5.92 Å². The zero-order valence-electron chi connectivity index (χ0n) is 18.3. The highest BCUT2D eigenvalue weighted by molar-refractivity contribution is 7.99. The molecule has 6 heteroatoms. The minimum absolute atomic E-state index is 0.0171. The van der Waals surface area contributed by atoms with Crippen molar-refractivity contribution in [3.05, 3.63) is 41.1 Å². The maximum atomic E-state index is 13.2. The van der Waals surface area contributed by atoms with Gasteiger partial charge in [0.25, 0.3) is 0 Å². The molecule has 0 saturated heterocycles. The highest BCUT2D eigenvalue weighted by atomic mass is 32.2. The van der Waals surface area contributed by atoms with E-state index in [9.17, 15) is 9.59 Å². The number of nitrogens with zero attached hydrogens (tertiary/aromatic N) is 1. The van der Waals surface area contributed by atoms with Crippen molar-refractivity contribution in [1.82, 2.24) is 0 Å². The minimum Gasteiger partial charge on any atom is -0.491 e. The number of esters is 1. The molecule has 1 unspecified atom stereocenters. The van der Waals surface area contributed by atoms with Gasteiger partial charge in [-0.1, -0.05) is 25.1 Å². The SMILES string of the molecule is CCSCCOC(=O)C1C(C)=NC2=C(C(=O)CCC2)[C@@H]1c1ccccc1OC(C)C. The summed E-state index contributed by atoms with van der Waals surface area (Å²) in [5, 5.41) is 0. The van der Waals surface area contributed by atoms with E-state index in [0.717, 1.165) is 35.6 Å². The van der Waals surface area contributed by atoms with E-state index in [0.29, 0.717) is 30.1 Å². The summed E-state index contributed by atoms with van der Waals surface area (Å²) in [5.41, 5.74) is 3.05. The average Bonchev–Trinajstić information content (AvgIpc) is 2.70. The third kappa shape index (κ3) is 4.97. The molecule has 1 heterocycles. The van der Waals surface area contributed by atoms with E-state index in [1.807, 2.05) is 45.0 Å². The zero-order valence-corrected chi connectivity index (χ0v) is 19.1. The number of ketones is 1. The molecule has 162 valence electrons. The number of carbonyl (C=O) groups excluding carboxylic acids is 2. The number of hydrogen-bond donors (Lipinski definition) is 0. The van der Waals surface area contributed by atoms with Crippen LogP contribution in [0.2, 0.25) is 0 Å². The first-order chi connectivity index (χ1) is 14.4. The summed E-state index contributed by atoms with van der Waals surface area (Å²) < 4.78 is 11.7. The molecule has 30 heavy (non-hydrogen) atoms. The average molecular weight is 430 g/mol. The van der Waals surface area contributed by atoms with Gasteiger partial charge in [0.05, 0.1) is 6.10 Å². The van der Waals surface area contributed by atoms with E-state index in [4.69, 9.17) is 14.5 Å². The molecule has 1 aromatic carbocycles. The lowest BCUT2D eigenvalue weighted by molar-refractivity contribution is -0.145. The molecule has 2 aliphatic rings. The van der Waals surface area contributed by atoms with Crippen LogP contribution in [0.15, 0.2) is 40.5 Å². The van der Waals surface area contributed by atoms with Gasteiger partial charge < -0.3 is 9.47 Å². The Hall–Kier alpha value is -2.08. The molecule has 0 radical (unpaired) electrons. The summed E-state index contributed by atoms with van der Waals surface area (Å²) in [7, 11) is 0. The quantitative estimate of drug-likeness (QED) is 0.432. The summed E-state index contributed by atoms with van der Waals surface area (Å²) in [5.74, 6) is 1.17. The highest BCUT2D eigenvalue weighted by Crippen LogP contribution is 2.46. The standard InChI is InChI=1S/C24H31NO4S/c1-5-30-14-13-28-24(27)21-16(4)25-18-10-8-11-19(26)23(18)22(21)17-9-6-7-12-20(17)29-15(2)3/h6-7,9,12,15,21-22H,5,8,10-11,13-14H2,1-4H3/t21?,22-/m1/s1. The highest BCUT2D eigenvalue weighted by Gasteiger charge is 2.44. The Morgan fingerprint density at radius 1 is 1.27 bits per heavy atom. The van der Waals surface area contributed by atoms with Crippen molar-refractivity contribution in [2.45, 2.75) is 59.0 Å². The smallest absolute Gasteiger partial charge is 0.315 e. The monoisotopic (exact) mass is 429 g/mol. The van der Waals surface area contributed by atoms with Crippen molar-refractivity contribution < 1.29 is 19.1 Å². The summed E-state index contributed by atoms with van der Waals surface area (Å²) in [4.78, 5) is 30.9. The summed E-state index contributed by atoms with van der Waals surface area (Å²) in [6.45, 7) is 8.25. The van der Waals surface area contributed by atoms with Gasteiger partial charge in [0.15, 0.2) is 5.78 Å². The fourth-order valence-electron chi connectivity index (χ4n) is 4.18. The van der Waals surface area contributed by atoms with Crippen molar-refractivity contribution in [3.8, 4) is 5.75 Å². The van der Waals surface area contributed by atoms with Gasteiger partial charge in [0.1, 0.15) is 18.3 Å². The van der Waals surface area contributed by atoms with E-state index in [-0.39, 0.29) is 17.9 Å². The Balaban J connectivity index is 2.04. The Kier molecular flexibility index (Phi) is 7.75. The number of hydrogen-bond acceptors (Lipinski definition) is 6. The number of allylic oxidation sites excluding steroid dienone is 2. The van der Waals surface area contributed by atoms with Crippen molar-refractivity contribution in [1.29, 1.82) is 0 Å². The molecule has 3 rings (SSSR count). The van der Waals surface area contributed by atoms with Gasteiger partial charge >= 0.3 is 5.97 Å². The van der Waals surface area contributed by atoms with Crippen LogP contribution in [-0.2, 0) is 14.3 Å². The molecule has 1 aromatic rings. The van der Waals surface area contributed by atoms with Crippen LogP contribution in [0.1, 0.15) is 58.4 Å². The Bertz CT molecular complexity index is 859. The van der Waals surface area contributed by atoms with Crippen LogP contribution < -0.4 is 4.74 Å². The zero-order chi connectivity index (χ0) is 21.7. The van der Waals surface area contributed by atoms with Gasteiger partial charge in [0.2, 0.25) is 0 Å². The molecule has 1 aliphatic carbocycles. The first kappa shape index (κ1) is 22.6. The third-order valence-corrected chi connectivity index (χ3v) is 6.24. The van der Waals surface area contributed by atoms with Crippen LogP contribution in [0.4, 0.5) is 0 Å². The molecule has 0 saturated carbocycles. The van der Waals surface area contributed by atoms with Gasteiger partial charge in [-0.15, -0.1) is 0 Å². The molecule has 5 nitrogen and oxygen atoms in total. The molecule has 0 aromatic heterocycles. The Labute approximate surface area is 183 Å². The van der Waals surface area contributed by atoms with Gasteiger partial charge in [-0.05, 0) is 45.4 Å². The van der Waals surface area contributed by atoms with Crippen LogP contribution in [0.25, 0.3) is 0 Å². The van der Waals surface area contributed by atoms with E-state index >= 15 is 0 Å². The van der Waals surface area contributed by atoms with Crippen molar-refractivity contribution >= 4 is 29.2 Å². The molecular weight excluding hydrogens is 398 g/mol. The van der Waals surface area contributed by atoms with Gasteiger partial charge in [-0.25, -0.2) is 0 Å². The Morgan fingerprint density at radius 3 is 2.77 bits per heavy atom. The molecule has 0 spiro atoms. The molecule has 0 fully saturated rings. The first-order valence-electron chi connectivity index (χ1n) is 10.7. The second-order valence-electron chi connectivity index (χ2n) is 7.91. The maximum absolute atomic E-state index is 13.2. The summed E-state index contributed by atoms with van der Waals surface area (Å²) >= 11 is 1.73. The van der Waals surface area contributed by atoms with E-state index in [1.54, 1.807) is 11.8 Å². The minimum atomic E-state index is -0.616. The topological polar surface area (TPSA) is 65.0 Å². The third-order valence-electron chi connectivity index (χ3n) is 5.38. The fraction of sp³-hybridized carbons (Fsp3) is 0.542. The van der Waals surface area contributed by atoms with Crippen LogP contribution in [0.5, 0.6) is 5.75 Å². The van der Waals surface area contributed by atoms with Gasteiger partial charge in [-0.2, -0.15) is 11.8 Å². The number of carbonyl (C=O) groups is 2. The predicted octanol–water partition coefficient (Wildman–Crippen LogP) is 4.95. The molecular formula is C24H31NO4S. The van der Waals surface area contributed by atoms with Crippen LogP contribution in [0.3, 0.4) is 0 Å². The second kappa shape index (κ2) is 10.3. The number of para-hydroxylation sites is 1. The first-order valence-corrected chi connectivity index (χ1v) is 11.9. The predicted molar refractivity (Wildman–Crippen MR) is 121 cm³/mol. The number of aliphatic imine (C=N–C) groups is 1. The molecule has 0 N–H and O–H groups in total. The van der Waals surface area contributed by atoms with E-state index in [1.165, 1.54) is 0 Å². The molecule has 0 amide bonds. The number of ether oxygens (including phenoxy) is 2. The van der Waals surface area contributed by atoms with Crippen LogP contribution in [-0.4, -0.2) is 41.7 Å². The summed E-state index contributed by atoms with van der Waals surface area (Å²) in [6.07, 6.45) is 2.04. The van der Waals surface area contributed by atoms with Gasteiger partial charge in [0, 0.05) is 40.6 Å². The van der Waals surface area contributed by atoms with E-state index < -0.39 is 11.8 Å². The maximum Gasteiger partial charge on any atom is 0.315 e. The lowest BCUT2D eigenvalue weighted by Gasteiger charge is -2.35. The van der Waals surface area contributed by atoms with Gasteiger partial charge in [-0.3, -0.25) is 14.6 Å². The number of thioether (sulfide) groups is 1. The molecule has 2 atom stereocenters. The number of rotatable bonds is 8. The normalized spacial score (nSPS) is 21.4. The molecule has 0 bridgehead atoms. The summed E-state index contributed by atoms with van der Waals surface area (Å²) in [6, 6.07) is 7.71. The Morgan fingerprint density at radius 2 is 2.03 bits per heavy atom. The number of benzene rings is 1. The fourth-order valence-corrected chi connectivity index (χ4v) is 4.67. The lowest BCUT2D eigenvalue weighted by atomic mass is 9.71. The second-order valence-corrected chi connectivity index (χ2v) is 9.31. The molecule has 1 aliphatic heterocycles. The van der Waals surface area contributed by atoms with Crippen molar-refractivity contribution in [2.75, 3.05) is 18.1 Å². The largest absolute Gasteiger partial charge is 0.491 e. The van der Waals surface area contributed by atoms with E-state index in [2.05, 4.69) is 6.92 Å². The lowest BCUT2D eigenvalue weighted by Crippen LogP contribution is -2.37. The van der Waals surface area contributed by atoms with Crippen molar-refractivity contribution in [2.24, 2.45) is 10.9 Å². The van der Waals surface area contributed by atoms with Crippen LogP contribution >= 0.6 is 11.8 Å². The number of Topliss-reactive ketones (excluding diaryl/α,β-unsaturated/α-hetero) is 1. The van der Waals surface area contributed by atoms with Crippen molar-refractivity contribution in [3.63, 3.8) is 0 Å².